The molecule has 0 saturated heterocycles. The van der Waals surface area contributed by atoms with Gasteiger partial charge in [-0.2, -0.15) is 0 Å². The second-order valence-corrected chi connectivity index (χ2v) is 4.81. The molecule has 2 heterocycles. The van der Waals surface area contributed by atoms with Gasteiger partial charge in [-0.15, -0.1) is 0 Å². The maximum absolute atomic E-state index is 11.2. The molecule has 2 radical (unpaired) electrons. The molecule has 1 N–H and O–H groups in total. The Bertz CT molecular complexity index is 948. The summed E-state index contributed by atoms with van der Waals surface area (Å²) in [6, 6.07) is 10.8. The first-order valence-electron chi connectivity index (χ1n) is 6.49. The van der Waals surface area contributed by atoms with Crippen LogP contribution in [0.4, 0.5) is 0 Å². The summed E-state index contributed by atoms with van der Waals surface area (Å²) in [5.74, 6) is 6.18. The van der Waals surface area contributed by atoms with Crippen LogP contribution in [0.1, 0.15) is 16.7 Å². The SMILES string of the molecule is [B]c1ccc(C)c(C#Cc2cnc3[nH]c(=O)ccc3c2)c1. The number of H-pyrrole nitrogens is 1. The highest BCUT2D eigenvalue weighted by Crippen LogP contribution is 2.09. The van der Waals surface area contributed by atoms with Crippen molar-refractivity contribution in [2.45, 2.75) is 6.92 Å². The zero-order valence-corrected chi connectivity index (χ0v) is 11.5. The minimum absolute atomic E-state index is 0.163. The fourth-order valence-corrected chi connectivity index (χ4v) is 2.02. The van der Waals surface area contributed by atoms with E-state index in [0.29, 0.717) is 11.1 Å². The number of benzene rings is 1. The van der Waals surface area contributed by atoms with Gasteiger partial charge in [-0.1, -0.05) is 35.5 Å². The first-order chi connectivity index (χ1) is 10.1. The second kappa shape index (κ2) is 5.30. The van der Waals surface area contributed by atoms with Crippen LogP contribution in [0.15, 0.2) is 47.4 Å². The lowest BCUT2D eigenvalue weighted by Crippen LogP contribution is -2.03. The summed E-state index contributed by atoms with van der Waals surface area (Å²) in [5.41, 5.74) is 3.86. The summed E-state index contributed by atoms with van der Waals surface area (Å²) in [6.07, 6.45) is 1.65. The summed E-state index contributed by atoms with van der Waals surface area (Å²) in [5, 5.41) is 0.852. The highest BCUT2D eigenvalue weighted by atomic mass is 16.1. The quantitative estimate of drug-likeness (QED) is 0.496. The van der Waals surface area contributed by atoms with Crippen LogP contribution >= 0.6 is 0 Å². The third-order valence-electron chi connectivity index (χ3n) is 3.18. The number of nitrogens with one attached hydrogen (secondary N) is 1. The average Bonchev–Trinajstić information content (AvgIpc) is 2.48. The zero-order valence-electron chi connectivity index (χ0n) is 11.5. The number of rotatable bonds is 0. The normalized spacial score (nSPS) is 10.1. The van der Waals surface area contributed by atoms with Gasteiger partial charge in [0.1, 0.15) is 13.5 Å². The summed E-state index contributed by atoms with van der Waals surface area (Å²) in [7, 11) is 5.77. The molecule has 0 unspecified atom stereocenters. The number of pyridine rings is 2. The number of aromatic nitrogens is 2. The maximum atomic E-state index is 11.2. The fraction of sp³-hybridized carbons (Fsp3) is 0.0588. The van der Waals surface area contributed by atoms with Crippen molar-refractivity contribution in [2.75, 3.05) is 0 Å². The predicted octanol–water partition coefficient (Wildman–Crippen LogP) is 1.43. The molecule has 4 heteroatoms. The molecule has 0 aliphatic heterocycles. The molecular weight excluding hydrogens is 259 g/mol. The van der Waals surface area contributed by atoms with Gasteiger partial charge in [0.25, 0.3) is 0 Å². The molecule has 0 fully saturated rings. The van der Waals surface area contributed by atoms with Crippen molar-refractivity contribution in [3.8, 4) is 11.8 Å². The van der Waals surface area contributed by atoms with Crippen LogP contribution in [-0.4, -0.2) is 17.8 Å². The standard InChI is InChI=1S/C17H11BN2O/c1-11-2-6-15(18)9-13(11)4-3-12-8-14-5-7-16(21)20-17(14)19-10-12/h2,5-10H,1H3,(H,19,20,21). The van der Waals surface area contributed by atoms with Crippen molar-refractivity contribution in [3.63, 3.8) is 0 Å². The van der Waals surface area contributed by atoms with E-state index < -0.39 is 0 Å². The Morgan fingerprint density at radius 2 is 2.00 bits per heavy atom. The molecule has 0 aliphatic rings. The summed E-state index contributed by atoms with van der Waals surface area (Å²) < 4.78 is 0. The molecule has 0 aliphatic carbocycles. The number of fused-ring (bicyclic) bond motifs is 1. The monoisotopic (exact) mass is 270 g/mol. The van der Waals surface area contributed by atoms with Crippen LogP contribution in [-0.2, 0) is 0 Å². The van der Waals surface area contributed by atoms with E-state index in [4.69, 9.17) is 7.85 Å². The number of nitrogens with zero attached hydrogens (tertiary/aromatic N) is 1. The minimum Gasteiger partial charge on any atom is -0.307 e. The molecule has 2 aromatic heterocycles. The molecule has 0 atom stereocenters. The highest BCUT2D eigenvalue weighted by Gasteiger charge is 1.98. The Balaban J connectivity index is 2.02. The molecule has 21 heavy (non-hydrogen) atoms. The van der Waals surface area contributed by atoms with Gasteiger partial charge in [0.2, 0.25) is 5.56 Å². The molecule has 3 nitrogen and oxygen atoms in total. The first-order valence-corrected chi connectivity index (χ1v) is 6.49. The van der Waals surface area contributed by atoms with E-state index in [-0.39, 0.29) is 5.56 Å². The van der Waals surface area contributed by atoms with E-state index in [0.717, 1.165) is 22.1 Å². The van der Waals surface area contributed by atoms with Crippen molar-refractivity contribution in [1.29, 1.82) is 0 Å². The minimum atomic E-state index is -0.163. The molecule has 0 bridgehead atoms. The van der Waals surface area contributed by atoms with Gasteiger partial charge in [-0.25, -0.2) is 4.98 Å². The molecule has 0 amide bonds. The van der Waals surface area contributed by atoms with Crippen LogP contribution in [0.2, 0.25) is 0 Å². The van der Waals surface area contributed by atoms with Crippen molar-refractivity contribution in [2.24, 2.45) is 0 Å². The van der Waals surface area contributed by atoms with E-state index in [1.165, 1.54) is 6.07 Å². The van der Waals surface area contributed by atoms with Gasteiger partial charge in [0.15, 0.2) is 0 Å². The lowest BCUT2D eigenvalue weighted by atomic mass is 9.92. The Labute approximate surface area is 123 Å². The summed E-state index contributed by atoms with van der Waals surface area (Å²) in [6.45, 7) is 1.99. The van der Waals surface area contributed by atoms with Gasteiger partial charge in [-0.05, 0) is 24.6 Å². The van der Waals surface area contributed by atoms with Crippen molar-refractivity contribution in [1.82, 2.24) is 9.97 Å². The van der Waals surface area contributed by atoms with E-state index >= 15 is 0 Å². The molecule has 98 valence electrons. The second-order valence-electron chi connectivity index (χ2n) is 4.81. The first kappa shape index (κ1) is 13.2. The van der Waals surface area contributed by atoms with Crippen molar-refractivity contribution >= 4 is 24.3 Å². The number of hydrogen-bond donors (Lipinski definition) is 1. The molecule has 0 spiro atoms. The molecular formula is C17H11BN2O. The van der Waals surface area contributed by atoms with Crippen molar-refractivity contribution < 1.29 is 0 Å². The molecule has 3 rings (SSSR count). The van der Waals surface area contributed by atoms with Gasteiger partial charge in [-0.3, -0.25) is 4.79 Å². The molecule has 1 aromatic carbocycles. The van der Waals surface area contributed by atoms with Gasteiger partial charge < -0.3 is 4.98 Å². The zero-order chi connectivity index (χ0) is 14.8. The number of hydrogen-bond acceptors (Lipinski definition) is 2. The van der Waals surface area contributed by atoms with E-state index in [2.05, 4.69) is 21.8 Å². The summed E-state index contributed by atoms with van der Waals surface area (Å²) in [4.78, 5) is 18.1. The Morgan fingerprint density at radius 3 is 2.86 bits per heavy atom. The average molecular weight is 270 g/mol. The van der Waals surface area contributed by atoms with E-state index in [9.17, 15) is 4.79 Å². The van der Waals surface area contributed by atoms with Gasteiger partial charge >= 0.3 is 0 Å². The topological polar surface area (TPSA) is 45.8 Å². The van der Waals surface area contributed by atoms with Crippen molar-refractivity contribution in [3.05, 3.63) is 69.6 Å². The Hall–Kier alpha value is -2.80. The Kier molecular flexibility index (Phi) is 3.33. The predicted molar refractivity (Wildman–Crippen MR) is 84.9 cm³/mol. The highest BCUT2D eigenvalue weighted by molar-refractivity contribution is 6.32. The lowest BCUT2D eigenvalue weighted by molar-refractivity contribution is 1.23. The van der Waals surface area contributed by atoms with Crippen LogP contribution in [0.5, 0.6) is 0 Å². The molecule has 3 aromatic rings. The largest absolute Gasteiger partial charge is 0.307 e. The lowest BCUT2D eigenvalue weighted by Gasteiger charge is -2.00. The molecule has 0 saturated carbocycles. The van der Waals surface area contributed by atoms with E-state index in [1.807, 2.05) is 31.2 Å². The number of aryl methyl sites for hydroxylation is 1. The fourth-order valence-electron chi connectivity index (χ4n) is 2.02. The third kappa shape index (κ3) is 2.87. The van der Waals surface area contributed by atoms with Crippen LogP contribution in [0, 0.1) is 18.8 Å². The summed E-state index contributed by atoms with van der Waals surface area (Å²) >= 11 is 0. The Morgan fingerprint density at radius 1 is 1.14 bits per heavy atom. The van der Waals surface area contributed by atoms with Crippen LogP contribution in [0.3, 0.4) is 0 Å². The maximum Gasteiger partial charge on any atom is 0.249 e. The number of aromatic amines is 1. The van der Waals surface area contributed by atoms with Gasteiger partial charge in [0, 0.05) is 28.8 Å². The van der Waals surface area contributed by atoms with Crippen LogP contribution < -0.4 is 11.0 Å². The smallest absolute Gasteiger partial charge is 0.249 e. The van der Waals surface area contributed by atoms with Crippen LogP contribution in [0.25, 0.3) is 11.0 Å². The van der Waals surface area contributed by atoms with E-state index in [1.54, 1.807) is 12.3 Å². The van der Waals surface area contributed by atoms with Gasteiger partial charge in [0.05, 0.1) is 0 Å². The third-order valence-corrected chi connectivity index (χ3v) is 3.18.